The number of ether oxygens (including phenoxy) is 1. The van der Waals surface area contributed by atoms with E-state index in [-0.39, 0.29) is 6.10 Å². The van der Waals surface area contributed by atoms with E-state index in [4.69, 9.17) is 4.74 Å². The topological polar surface area (TPSA) is 44.9 Å². The Kier molecular flexibility index (Phi) is 5.52. The van der Waals surface area contributed by atoms with E-state index in [0.717, 1.165) is 30.8 Å². The highest BCUT2D eigenvalue weighted by Crippen LogP contribution is 2.19. The maximum absolute atomic E-state index is 6.33. The average Bonchev–Trinajstić information content (AvgIpc) is 3.42. The molecule has 0 saturated carbocycles. The van der Waals surface area contributed by atoms with Gasteiger partial charge in [0.1, 0.15) is 11.9 Å². The second kappa shape index (κ2) is 8.57. The van der Waals surface area contributed by atoms with Crippen molar-refractivity contribution in [1.82, 2.24) is 19.1 Å². The van der Waals surface area contributed by atoms with Gasteiger partial charge in [-0.2, -0.15) is 0 Å². The lowest BCUT2D eigenvalue weighted by Gasteiger charge is -2.20. The molecule has 0 amide bonds. The van der Waals surface area contributed by atoms with Gasteiger partial charge in [-0.25, -0.2) is 9.97 Å². The van der Waals surface area contributed by atoms with E-state index in [1.54, 1.807) is 18.7 Å². The largest absolute Gasteiger partial charge is 0.489 e. The highest BCUT2D eigenvalue weighted by atomic mass is 16.5. The molecule has 5 nitrogen and oxygen atoms in total. The molecule has 2 heterocycles. The summed E-state index contributed by atoms with van der Waals surface area (Å²) in [5, 5.41) is 0. The Bertz CT molecular complexity index is 959. The van der Waals surface area contributed by atoms with Crippen molar-refractivity contribution in [2.45, 2.75) is 32.4 Å². The van der Waals surface area contributed by atoms with Crippen LogP contribution in [-0.2, 0) is 13.0 Å². The van der Waals surface area contributed by atoms with E-state index in [2.05, 4.69) is 45.7 Å². The van der Waals surface area contributed by atoms with Gasteiger partial charge in [0.2, 0.25) is 0 Å². The first-order valence-corrected chi connectivity index (χ1v) is 9.52. The molecule has 4 aromatic rings. The molecule has 2 aromatic carbocycles. The number of nitrogens with zero attached hydrogens (tertiary/aromatic N) is 4. The van der Waals surface area contributed by atoms with E-state index in [0.29, 0.717) is 0 Å². The summed E-state index contributed by atoms with van der Waals surface area (Å²) in [6.45, 7) is 2.89. The van der Waals surface area contributed by atoms with Crippen molar-refractivity contribution in [2.75, 3.05) is 0 Å². The molecule has 28 heavy (non-hydrogen) atoms. The first-order valence-electron chi connectivity index (χ1n) is 9.52. The Morgan fingerprint density at radius 2 is 1.64 bits per heavy atom. The molecule has 2 aromatic heterocycles. The lowest BCUT2D eigenvalue weighted by atomic mass is 10.1. The minimum absolute atomic E-state index is 0.0644. The molecule has 0 N–H and O–H groups in total. The van der Waals surface area contributed by atoms with E-state index >= 15 is 0 Å². The van der Waals surface area contributed by atoms with Gasteiger partial charge in [0.15, 0.2) is 0 Å². The minimum atomic E-state index is 0.0644. The number of rotatable bonds is 8. The van der Waals surface area contributed by atoms with Crippen LogP contribution >= 0.6 is 0 Å². The molecule has 0 bridgehead atoms. The van der Waals surface area contributed by atoms with Crippen molar-refractivity contribution in [1.29, 1.82) is 0 Å². The summed E-state index contributed by atoms with van der Waals surface area (Å²) in [6.07, 6.45) is 13.1. The van der Waals surface area contributed by atoms with Crippen LogP contribution < -0.4 is 4.74 Å². The van der Waals surface area contributed by atoms with Crippen LogP contribution in [0.4, 0.5) is 0 Å². The Balaban J connectivity index is 1.44. The molecule has 1 atom stereocenters. The zero-order valence-electron chi connectivity index (χ0n) is 16.0. The first-order chi connectivity index (χ1) is 13.8. The van der Waals surface area contributed by atoms with Crippen molar-refractivity contribution in [3.63, 3.8) is 0 Å². The quantitative estimate of drug-likeness (QED) is 0.459. The zero-order chi connectivity index (χ0) is 19.2. The van der Waals surface area contributed by atoms with Gasteiger partial charge < -0.3 is 13.9 Å². The van der Waals surface area contributed by atoms with Crippen LogP contribution in [0.15, 0.2) is 86.0 Å². The summed E-state index contributed by atoms with van der Waals surface area (Å²) < 4.78 is 10.4. The average molecular weight is 372 g/mol. The molecule has 0 saturated heterocycles. The smallest absolute Gasteiger partial charge is 0.119 e. The van der Waals surface area contributed by atoms with Gasteiger partial charge in [0, 0.05) is 30.5 Å². The molecule has 0 radical (unpaired) electrons. The van der Waals surface area contributed by atoms with Crippen molar-refractivity contribution in [2.24, 2.45) is 0 Å². The summed E-state index contributed by atoms with van der Waals surface area (Å²) in [5.74, 6) is 0.873. The van der Waals surface area contributed by atoms with Crippen LogP contribution in [0.25, 0.3) is 5.69 Å². The second-order valence-corrected chi connectivity index (χ2v) is 6.99. The predicted molar refractivity (Wildman–Crippen MR) is 110 cm³/mol. The molecule has 1 unspecified atom stereocenters. The van der Waals surface area contributed by atoms with Crippen molar-refractivity contribution < 1.29 is 4.74 Å². The maximum Gasteiger partial charge on any atom is 0.119 e. The SMILES string of the molecule is Cc1ccc(CCC(Cn2ccnc2)Oc2ccc(-n3ccnc3)cc2)cc1. The third kappa shape index (κ3) is 4.68. The van der Waals surface area contributed by atoms with Crippen LogP contribution in [-0.4, -0.2) is 25.2 Å². The molecule has 4 rings (SSSR count). The van der Waals surface area contributed by atoms with E-state index in [9.17, 15) is 0 Å². The number of imidazole rings is 2. The highest BCUT2D eigenvalue weighted by Gasteiger charge is 2.12. The molecule has 0 aliphatic rings. The fourth-order valence-electron chi connectivity index (χ4n) is 3.20. The van der Waals surface area contributed by atoms with Gasteiger partial charge in [-0.15, -0.1) is 0 Å². The molecule has 0 aliphatic heterocycles. The third-order valence-electron chi connectivity index (χ3n) is 4.79. The first kappa shape index (κ1) is 18.0. The zero-order valence-corrected chi connectivity index (χ0v) is 16.0. The summed E-state index contributed by atoms with van der Waals surface area (Å²) in [5.41, 5.74) is 3.68. The van der Waals surface area contributed by atoms with Gasteiger partial charge >= 0.3 is 0 Å². The molecule has 5 heteroatoms. The Morgan fingerprint density at radius 3 is 2.32 bits per heavy atom. The lowest BCUT2D eigenvalue weighted by Crippen LogP contribution is -2.23. The highest BCUT2D eigenvalue weighted by molar-refractivity contribution is 5.37. The normalized spacial score (nSPS) is 12.0. The number of hydrogen-bond donors (Lipinski definition) is 0. The Hall–Kier alpha value is -3.34. The van der Waals surface area contributed by atoms with Gasteiger partial charge in [0.05, 0.1) is 19.2 Å². The standard InChI is InChI=1S/C23H24N4O/c1-19-2-4-20(5-3-19)6-9-23(16-26-14-12-24-17-26)28-22-10-7-21(8-11-22)27-15-13-25-18-27/h2-5,7-8,10-15,17-18,23H,6,9,16H2,1H3. The summed E-state index contributed by atoms with van der Waals surface area (Å²) in [4.78, 5) is 8.24. The maximum atomic E-state index is 6.33. The fourth-order valence-corrected chi connectivity index (χ4v) is 3.20. The number of aromatic nitrogens is 4. The minimum Gasteiger partial charge on any atom is -0.489 e. The van der Waals surface area contributed by atoms with E-state index < -0.39 is 0 Å². The monoisotopic (exact) mass is 372 g/mol. The summed E-state index contributed by atoms with van der Waals surface area (Å²) >= 11 is 0. The molecule has 0 fully saturated rings. The summed E-state index contributed by atoms with van der Waals surface area (Å²) in [6, 6.07) is 16.8. The molecular formula is C23H24N4O. The van der Waals surface area contributed by atoms with Crippen LogP contribution in [0.1, 0.15) is 17.5 Å². The van der Waals surface area contributed by atoms with Gasteiger partial charge in [-0.3, -0.25) is 0 Å². The van der Waals surface area contributed by atoms with Crippen LogP contribution in [0.5, 0.6) is 5.75 Å². The van der Waals surface area contributed by atoms with Crippen LogP contribution in [0, 0.1) is 6.92 Å². The van der Waals surface area contributed by atoms with Gasteiger partial charge in [-0.05, 0) is 49.6 Å². The van der Waals surface area contributed by atoms with E-state index in [1.807, 2.05) is 47.6 Å². The molecule has 0 aliphatic carbocycles. The van der Waals surface area contributed by atoms with Crippen molar-refractivity contribution in [3.05, 3.63) is 97.1 Å². The third-order valence-corrected chi connectivity index (χ3v) is 4.79. The predicted octanol–water partition coefficient (Wildman–Crippen LogP) is 4.46. The summed E-state index contributed by atoms with van der Waals surface area (Å²) in [7, 11) is 0. The molecule has 0 spiro atoms. The number of aryl methyl sites for hydroxylation is 2. The van der Waals surface area contributed by atoms with Gasteiger partial charge in [-0.1, -0.05) is 29.8 Å². The van der Waals surface area contributed by atoms with Crippen LogP contribution in [0.2, 0.25) is 0 Å². The van der Waals surface area contributed by atoms with Crippen molar-refractivity contribution >= 4 is 0 Å². The van der Waals surface area contributed by atoms with Crippen molar-refractivity contribution in [3.8, 4) is 11.4 Å². The fraction of sp³-hybridized carbons (Fsp3) is 0.217. The van der Waals surface area contributed by atoms with Gasteiger partial charge in [0.25, 0.3) is 0 Å². The number of hydrogen-bond acceptors (Lipinski definition) is 3. The van der Waals surface area contributed by atoms with E-state index in [1.165, 1.54) is 11.1 Å². The lowest BCUT2D eigenvalue weighted by molar-refractivity contribution is 0.170. The number of benzene rings is 2. The second-order valence-electron chi connectivity index (χ2n) is 6.99. The Labute approximate surface area is 165 Å². The Morgan fingerprint density at radius 1 is 0.893 bits per heavy atom. The molecule has 142 valence electrons. The van der Waals surface area contributed by atoms with Crippen LogP contribution in [0.3, 0.4) is 0 Å². The molecular weight excluding hydrogens is 348 g/mol.